The van der Waals surface area contributed by atoms with E-state index in [1.165, 1.54) is 0 Å². The fourth-order valence-corrected chi connectivity index (χ4v) is 3.42. The molecular weight excluding hydrogens is 396 g/mol. The van der Waals surface area contributed by atoms with Gasteiger partial charge in [0.2, 0.25) is 0 Å². The van der Waals surface area contributed by atoms with Gasteiger partial charge in [-0.2, -0.15) is 0 Å². The molecule has 0 unspecified atom stereocenters. The predicted molar refractivity (Wildman–Crippen MR) is 119 cm³/mol. The van der Waals surface area contributed by atoms with Crippen molar-refractivity contribution in [1.29, 1.82) is 0 Å². The molecule has 0 aromatic heterocycles. The topological polar surface area (TPSA) is 79.3 Å². The lowest BCUT2D eigenvalue weighted by atomic mass is 10.0. The Hall–Kier alpha value is -3.32. The zero-order valence-electron chi connectivity index (χ0n) is 18.1. The second-order valence-corrected chi connectivity index (χ2v) is 7.11. The molecule has 3 rings (SSSR count). The molecular formula is C24H28N2O5. The highest BCUT2D eigenvalue weighted by molar-refractivity contribution is 6.45. The number of nitrogens with zero attached hydrogens (tertiary/aromatic N) is 2. The first kappa shape index (κ1) is 22.4. The van der Waals surface area contributed by atoms with E-state index in [1.807, 2.05) is 13.8 Å². The molecule has 1 aliphatic heterocycles. The minimum absolute atomic E-state index is 0.137. The fraction of sp³-hybridized carbons (Fsp3) is 0.333. The normalized spacial score (nSPS) is 13.7. The van der Waals surface area contributed by atoms with E-state index >= 15 is 0 Å². The number of anilines is 1. The first-order valence-electron chi connectivity index (χ1n) is 10.4. The van der Waals surface area contributed by atoms with Crippen molar-refractivity contribution in [3.8, 4) is 11.5 Å². The van der Waals surface area contributed by atoms with Crippen molar-refractivity contribution in [1.82, 2.24) is 4.90 Å². The van der Waals surface area contributed by atoms with E-state index in [9.17, 15) is 14.7 Å². The van der Waals surface area contributed by atoms with Gasteiger partial charge in [0.05, 0.1) is 31.1 Å². The molecule has 1 aliphatic rings. The van der Waals surface area contributed by atoms with E-state index in [0.717, 1.165) is 11.3 Å². The molecule has 31 heavy (non-hydrogen) atoms. The SMILES string of the molecule is CCCOc1ccc(C2=C(N(C)CCO)C(=O)N(c3ccc(OCC)cc3)C2=O)cc1. The van der Waals surface area contributed by atoms with Crippen LogP contribution >= 0.6 is 0 Å². The molecule has 7 nitrogen and oxygen atoms in total. The summed E-state index contributed by atoms with van der Waals surface area (Å²) >= 11 is 0. The van der Waals surface area contributed by atoms with Crippen molar-refractivity contribution in [3.63, 3.8) is 0 Å². The van der Waals surface area contributed by atoms with Gasteiger partial charge in [-0.15, -0.1) is 0 Å². The van der Waals surface area contributed by atoms with Crippen LogP contribution in [-0.4, -0.2) is 55.2 Å². The molecule has 0 radical (unpaired) electrons. The summed E-state index contributed by atoms with van der Waals surface area (Å²) in [4.78, 5) is 29.5. The molecule has 1 heterocycles. The first-order chi connectivity index (χ1) is 15.0. The molecule has 2 aromatic rings. The number of hydrogen-bond donors (Lipinski definition) is 1. The fourth-order valence-electron chi connectivity index (χ4n) is 3.42. The quantitative estimate of drug-likeness (QED) is 0.591. The Morgan fingerprint density at radius 2 is 1.52 bits per heavy atom. The molecule has 0 atom stereocenters. The van der Waals surface area contributed by atoms with Gasteiger partial charge in [-0.05, 0) is 55.3 Å². The van der Waals surface area contributed by atoms with Crippen LogP contribution in [-0.2, 0) is 9.59 Å². The van der Waals surface area contributed by atoms with Crippen molar-refractivity contribution < 1.29 is 24.2 Å². The van der Waals surface area contributed by atoms with Crippen molar-refractivity contribution >= 4 is 23.1 Å². The van der Waals surface area contributed by atoms with Crippen molar-refractivity contribution in [2.24, 2.45) is 0 Å². The van der Waals surface area contributed by atoms with Gasteiger partial charge in [0.15, 0.2) is 0 Å². The number of rotatable bonds is 10. The number of carbonyl (C=O) groups excluding carboxylic acids is 2. The number of carbonyl (C=O) groups is 2. The van der Waals surface area contributed by atoms with E-state index in [1.54, 1.807) is 60.5 Å². The van der Waals surface area contributed by atoms with Crippen LogP contribution in [0.3, 0.4) is 0 Å². The van der Waals surface area contributed by atoms with Crippen LogP contribution in [0.15, 0.2) is 54.2 Å². The third-order valence-electron chi connectivity index (χ3n) is 4.90. The number of likely N-dealkylation sites (N-methyl/N-ethyl adjacent to an activating group) is 1. The summed E-state index contributed by atoms with van der Waals surface area (Å²) < 4.78 is 11.1. The number of benzene rings is 2. The summed E-state index contributed by atoms with van der Waals surface area (Å²) in [6.07, 6.45) is 0.896. The smallest absolute Gasteiger partial charge is 0.282 e. The van der Waals surface area contributed by atoms with E-state index in [0.29, 0.717) is 41.5 Å². The minimum Gasteiger partial charge on any atom is -0.494 e. The van der Waals surface area contributed by atoms with Gasteiger partial charge in [-0.25, -0.2) is 4.90 Å². The van der Waals surface area contributed by atoms with E-state index in [4.69, 9.17) is 9.47 Å². The molecule has 2 aromatic carbocycles. The Balaban J connectivity index is 1.98. The van der Waals surface area contributed by atoms with Crippen molar-refractivity contribution in [2.45, 2.75) is 20.3 Å². The Kier molecular flexibility index (Phi) is 7.31. The Morgan fingerprint density at radius 3 is 2.10 bits per heavy atom. The second kappa shape index (κ2) is 10.1. The molecule has 0 fully saturated rings. The zero-order valence-corrected chi connectivity index (χ0v) is 18.1. The summed E-state index contributed by atoms with van der Waals surface area (Å²) in [7, 11) is 1.69. The lowest BCUT2D eigenvalue weighted by Crippen LogP contribution is -2.34. The van der Waals surface area contributed by atoms with Crippen LogP contribution in [0.1, 0.15) is 25.8 Å². The largest absolute Gasteiger partial charge is 0.494 e. The summed E-state index contributed by atoms with van der Waals surface area (Å²) in [5.74, 6) is 0.540. The molecule has 0 bridgehead atoms. The molecule has 0 spiro atoms. The summed E-state index contributed by atoms with van der Waals surface area (Å²) in [5, 5.41) is 9.38. The van der Waals surface area contributed by atoms with Gasteiger partial charge in [-0.3, -0.25) is 9.59 Å². The molecule has 0 aliphatic carbocycles. The highest BCUT2D eigenvalue weighted by Crippen LogP contribution is 2.35. The second-order valence-electron chi connectivity index (χ2n) is 7.11. The molecule has 1 N–H and O–H groups in total. The standard InChI is InChI=1S/C24H28N2O5/c1-4-16-31-20-10-6-17(7-11-20)21-22(25(3)14-15-27)24(29)26(23(21)28)18-8-12-19(13-9-18)30-5-2/h6-13,27H,4-5,14-16H2,1-3H3. The van der Waals surface area contributed by atoms with Crippen molar-refractivity contribution in [2.75, 3.05) is 38.3 Å². The maximum Gasteiger partial charge on any atom is 0.282 e. The number of aliphatic hydroxyl groups is 1. The van der Waals surface area contributed by atoms with Gasteiger partial charge in [0, 0.05) is 13.6 Å². The lowest BCUT2D eigenvalue weighted by Gasteiger charge is -2.20. The molecule has 0 saturated heterocycles. The van der Waals surface area contributed by atoms with Crippen LogP contribution in [0.25, 0.3) is 5.57 Å². The van der Waals surface area contributed by atoms with Crippen LogP contribution < -0.4 is 14.4 Å². The zero-order chi connectivity index (χ0) is 22.4. The van der Waals surface area contributed by atoms with Gasteiger partial charge in [0.25, 0.3) is 11.8 Å². The average molecular weight is 424 g/mol. The lowest BCUT2D eigenvalue weighted by molar-refractivity contribution is -0.120. The Bertz CT molecular complexity index is 951. The summed E-state index contributed by atoms with van der Waals surface area (Å²) in [6.45, 7) is 5.14. The van der Waals surface area contributed by atoms with Crippen LogP contribution in [0, 0.1) is 0 Å². The van der Waals surface area contributed by atoms with Gasteiger partial charge in [-0.1, -0.05) is 19.1 Å². The molecule has 7 heteroatoms. The minimum atomic E-state index is -0.425. The molecule has 2 amide bonds. The Labute approximate surface area is 182 Å². The number of ether oxygens (including phenoxy) is 2. The van der Waals surface area contributed by atoms with Gasteiger partial charge >= 0.3 is 0 Å². The monoisotopic (exact) mass is 424 g/mol. The number of amides is 2. The summed E-state index contributed by atoms with van der Waals surface area (Å²) in [6, 6.07) is 14.0. The highest BCUT2D eigenvalue weighted by atomic mass is 16.5. The maximum absolute atomic E-state index is 13.4. The average Bonchev–Trinajstić information content (AvgIpc) is 3.04. The Morgan fingerprint density at radius 1 is 0.903 bits per heavy atom. The summed E-state index contributed by atoms with van der Waals surface area (Å²) in [5.41, 5.74) is 1.65. The number of hydrogen-bond acceptors (Lipinski definition) is 6. The third-order valence-corrected chi connectivity index (χ3v) is 4.90. The van der Waals surface area contributed by atoms with E-state index in [-0.39, 0.29) is 18.8 Å². The van der Waals surface area contributed by atoms with Crippen LogP contribution in [0.2, 0.25) is 0 Å². The van der Waals surface area contributed by atoms with E-state index < -0.39 is 11.8 Å². The molecule has 164 valence electrons. The maximum atomic E-state index is 13.4. The predicted octanol–water partition coefficient (Wildman–Crippen LogP) is 3.08. The number of imide groups is 1. The first-order valence-corrected chi connectivity index (χ1v) is 10.4. The highest BCUT2D eigenvalue weighted by Gasteiger charge is 2.41. The van der Waals surface area contributed by atoms with Crippen LogP contribution in [0.5, 0.6) is 11.5 Å². The molecule has 0 saturated carbocycles. The van der Waals surface area contributed by atoms with Gasteiger partial charge < -0.3 is 19.5 Å². The van der Waals surface area contributed by atoms with Crippen molar-refractivity contribution in [3.05, 3.63) is 59.8 Å². The third kappa shape index (κ3) is 4.72. The van der Waals surface area contributed by atoms with E-state index in [2.05, 4.69) is 0 Å². The van der Waals surface area contributed by atoms with Crippen LogP contribution in [0.4, 0.5) is 5.69 Å². The number of aliphatic hydroxyl groups excluding tert-OH is 1. The van der Waals surface area contributed by atoms with Gasteiger partial charge in [0.1, 0.15) is 17.2 Å².